The molecular weight excluding hydrogens is 877 g/mol. The Morgan fingerprint density at radius 2 is 1.55 bits per heavy atom. The Bertz CT molecular complexity index is 2350. The minimum atomic E-state index is -2.32. The van der Waals surface area contributed by atoms with E-state index in [4.69, 9.17) is 42.6 Å². The molecule has 19 nitrogen and oxygen atoms in total. The first-order valence-electron chi connectivity index (χ1n) is 21.9. The van der Waals surface area contributed by atoms with Gasteiger partial charge in [0, 0.05) is 40.0 Å². The number of ketones is 1. The Kier molecular flexibility index (Phi) is 12.8. The summed E-state index contributed by atoms with van der Waals surface area (Å²) in [4.78, 5) is 101. The van der Waals surface area contributed by atoms with Gasteiger partial charge in [0.2, 0.25) is 5.60 Å². The van der Waals surface area contributed by atoms with Crippen molar-refractivity contribution in [1.82, 2.24) is 10.2 Å². The zero-order valence-electron chi connectivity index (χ0n) is 39.3. The SMILES string of the molecule is CO[C@H]1C(=O)[C@]2(C)[C@@H](OC(=O)N(C)C)C[C@H]3OC[C@@]3(OC(C)=O)[C@H]2[C@H](OC(=O)c2ccccc2)[C@]23OC(=O)O[C@H]2[C@H](OC(=O)[C@H](O)[C@@H](NC(=O)OC(C)(C)C)c2ccccc2)C(C)=C1C3(C)C. The summed E-state index contributed by atoms with van der Waals surface area (Å²) in [5.41, 5.74) is -8.21. The lowest BCUT2D eigenvalue weighted by atomic mass is 9.44. The lowest BCUT2D eigenvalue weighted by Crippen LogP contribution is -2.83. The number of rotatable bonds is 10. The van der Waals surface area contributed by atoms with Gasteiger partial charge in [0.15, 0.2) is 35.8 Å². The summed E-state index contributed by atoms with van der Waals surface area (Å²) in [6, 6.07) is 14.4. The van der Waals surface area contributed by atoms with Crippen molar-refractivity contribution in [3.8, 4) is 0 Å². The fourth-order valence-corrected chi connectivity index (χ4v) is 10.9. The van der Waals surface area contributed by atoms with Gasteiger partial charge < -0.3 is 58.0 Å². The summed E-state index contributed by atoms with van der Waals surface area (Å²) in [6.07, 6.45) is -14.8. The lowest BCUT2D eigenvalue weighted by molar-refractivity contribution is -0.345. The fraction of sp³-hybridized carbons (Fsp3) is 0.562. The Hall–Kier alpha value is -6.05. The molecule has 5 aliphatic rings. The van der Waals surface area contributed by atoms with Crippen molar-refractivity contribution in [2.24, 2.45) is 16.7 Å². The van der Waals surface area contributed by atoms with Crippen LogP contribution in [0, 0.1) is 16.7 Å². The van der Waals surface area contributed by atoms with Gasteiger partial charge in [-0.25, -0.2) is 24.0 Å². The van der Waals surface area contributed by atoms with Gasteiger partial charge in [-0.15, -0.1) is 0 Å². The van der Waals surface area contributed by atoms with E-state index in [1.807, 2.05) is 0 Å². The van der Waals surface area contributed by atoms with Gasteiger partial charge >= 0.3 is 36.2 Å². The van der Waals surface area contributed by atoms with E-state index in [0.717, 1.165) is 11.8 Å². The molecule has 3 aliphatic carbocycles. The fourth-order valence-electron chi connectivity index (χ4n) is 10.9. The molecule has 19 heteroatoms. The lowest BCUT2D eigenvalue weighted by Gasteiger charge is -2.67. The van der Waals surface area contributed by atoms with Crippen molar-refractivity contribution in [2.45, 2.75) is 127 Å². The van der Waals surface area contributed by atoms with Crippen LogP contribution in [-0.4, -0.2) is 139 Å². The van der Waals surface area contributed by atoms with Gasteiger partial charge in [-0.1, -0.05) is 62.4 Å². The quantitative estimate of drug-likeness (QED) is 0.185. The first-order valence-corrected chi connectivity index (χ1v) is 21.9. The molecule has 2 aromatic rings. The van der Waals surface area contributed by atoms with Gasteiger partial charge in [0.1, 0.15) is 23.9 Å². The highest BCUT2D eigenvalue weighted by Crippen LogP contribution is 2.67. The highest BCUT2D eigenvalue weighted by molar-refractivity contribution is 5.95. The molecule has 0 radical (unpaired) electrons. The standard InChI is InChI=1S/C48H58N2O17/c1-24-30-34(59-11)36(53)46(8)28(61-42(57)50(9)10)22-29-47(23-60-29,65-25(2)51)35(46)38(63-39(54)27-20-16-13-17-21-27)48(45(30,6)7)37(64-43(58)67-48)33(24)62-40(55)32(52)31(26-18-14-12-15-19-26)49-41(56)66-44(3,4)5/h12-21,28-29,31-35,37-38,52H,22-23H2,1-11H3,(H,49,56)/t28-,29+,31-,32+,33+,34+,35-,37-,38-,46+,47-,48+/m0/s1. The third-order valence-corrected chi connectivity index (χ3v) is 13.8. The maximum Gasteiger partial charge on any atom is 0.509 e. The van der Waals surface area contributed by atoms with Crippen LogP contribution in [0.1, 0.15) is 83.8 Å². The van der Waals surface area contributed by atoms with Crippen molar-refractivity contribution in [2.75, 3.05) is 27.8 Å². The number of carbonyl (C=O) groups is 7. The number of amides is 2. The minimum absolute atomic E-state index is 0.0380. The molecule has 12 atom stereocenters. The van der Waals surface area contributed by atoms with Crippen molar-refractivity contribution in [1.29, 1.82) is 0 Å². The first kappa shape index (κ1) is 48.9. The van der Waals surface area contributed by atoms with E-state index in [2.05, 4.69) is 5.32 Å². The van der Waals surface area contributed by atoms with E-state index in [9.17, 15) is 33.9 Å². The molecule has 2 aromatic carbocycles. The van der Waals surface area contributed by atoms with Crippen molar-refractivity contribution in [3.05, 3.63) is 82.9 Å². The van der Waals surface area contributed by atoms with Gasteiger partial charge in [-0.05, 0) is 63.5 Å². The number of esters is 3. The van der Waals surface area contributed by atoms with E-state index < -0.39 is 124 Å². The second kappa shape index (κ2) is 17.6. The van der Waals surface area contributed by atoms with Crippen LogP contribution in [0.5, 0.6) is 0 Å². The molecule has 2 aliphatic heterocycles. The number of nitrogens with zero attached hydrogens (tertiary/aromatic N) is 1. The number of benzene rings is 2. The van der Waals surface area contributed by atoms with Crippen LogP contribution in [0.4, 0.5) is 14.4 Å². The smallest absolute Gasteiger partial charge is 0.454 e. The number of hydrogen-bond acceptors (Lipinski definition) is 17. The predicted octanol–water partition coefficient (Wildman–Crippen LogP) is 4.77. The number of alkyl carbamates (subject to hydrolysis) is 1. The number of hydrogen-bond donors (Lipinski definition) is 2. The van der Waals surface area contributed by atoms with Gasteiger partial charge in [-0.2, -0.15) is 0 Å². The summed E-state index contributed by atoms with van der Waals surface area (Å²) in [5, 5.41) is 14.4. The van der Waals surface area contributed by atoms with Crippen LogP contribution in [0.25, 0.3) is 0 Å². The highest BCUT2D eigenvalue weighted by Gasteiger charge is 2.83. The molecule has 362 valence electrons. The molecule has 2 N–H and O–H groups in total. The van der Waals surface area contributed by atoms with E-state index in [0.29, 0.717) is 5.56 Å². The molecule has 4 fully saturated rings. The second-order valence-corrected chi connectivity index (χ2v) is 19.5. The van der Waals surface area contributed by atoms with Crippen molar-refractivity contribution < 1.29 is 81.3 Å². The molecule has 2 bridgehead atoms. The van der Waals surface area contributed by atoms with Crippen LogP contribution in [0.15, 0.2) is 71.8 Å². The van der Waals surface area contributed by atoms with Crippen LogP contribution in [0.3, 0.4) is 0 Å². The van der Waals surface area contributed by atoms with Crippen LogP contribution < -0.4 is 5.32 Å². The van der Waals surface area contributed by atoms with Crippen molar-refractivity contribution in [3.63, 3.8) is 0 Å². The predicted molar refractivity (Wildman–Crippen MR) is 231 cm³/mol. The molecule has 2 amide bonds. The zero-order chi connectivity index (χ0) is 49.2. The summed E-state index contributed by atoms with van der Waals surface area (Å²) >= 11 is 0. The second-order valence-electron chi connectivity index (χ2n) is 19.5. The summed E-state index contributed by atoms with van der Waals surface area (Å²) in [6.45, 7) is 12.0. The Morgan fingerprint density at radius 3 is 2.10 bits per heavy atom. The summed E-state index contributed by atoms with van der Waals surface area (Å²) in [5.74, 6) is -5.39. The monoisotopic (exact) mass is 934 g/mol. The number of fused-ring (bicyclic) bond motifs is 4. The average Bonchev–Trinajstić information content (AvgIpc) is 3.62. The summed E-state index contributed by atoms with van der Waals surface area (Å²) < 4.78 is 55.4. The highest BCUT2D eigenvalue weighted by atomic mass is 16.8. The van der Waals surface area contributed by atoms with E-state index in [-0.39, 0.29) is 29.7 Å². The Labute approximate surface area is 387 Å². The number of carbonyl (C=O) groups excluding carboxylic acids is 7. The maximum atomic E-state index is 16.0. The first-order chi connectivity index (χ1) is 31.3. The molecule has 0 unspecified atom stereocenters. The van der Waals surface area contributed by atoms with Gasteiger partial charge in [-0.3, -0.25) is 9.59 Å². The number of nitrogens with one attached hydrogen (secondary N) is 1. The number of aliphatic hydroxyl groups excluding tert-OH is 1. The van der Waals surface area contributed by atoms with Crippen LogP contribution in [0.2, 0.25) is 0 Å². The Balaban J connectivity index is 1.47. The third-order valence-electron chi connectivity index (χ3n) is 13.8. The van der Waals surface area contributed by atoms with Crippen LogP contribution >= 0.6 is 0 Å². The minimum Gasteiger partial charge on any atom is -0.454 e. The molecular formula is C48H58N2O17. The molecule has 2 saturated heterocycles. The largest absolute Gasteiger partial charge is 0.509 e. The Morgan fingerprint density at radius 1 is 0.925 bits per heavy atom. The normalized spacial score (nSPS) is 32.3. The average molecular weight is 935 g/mol. The summed E-state index contributed by atoms with van der Waals surface area (Å²) in [7, 11) is 4.16. The van der Waals surface area contributed by atoms with E-state index in [1.54, 1.807) is 83.1 Å². The molecule has 0 aromatic heterocycles. The zero-order valence-corrected chi connectivity index (χ0v) is 39.3. The van der Waals surface area contributed by atoms with Gasteiger partial charge in [0.25, 0.3) is 0 Å². The van der Waals surface area contributed by atoms with E-state index >= 15 is 4.79 Å². The third kappa shape index (κ3) is 8.07. The van der Waals surface area contributed by atoms with Crippen LogP contribution in [-0.2, 0) is 57.0 Å². The molecule has 7 rings (SSSR count). The molecule has 1 spiro atoms. The van der Waals surface area contributed by atoms with Gasteiger partial charge in [0.05, 0.1) is 29.5 Å². The topological polar surface area (TPSA) is 238 Å². The molecule has 2 saturated carbocycles. The molecule has 2 heterocycles. The number of aliphatic hydroxyl groups is 1. The van der Waals surface area contributed by atoms with E-state index in [1.165, 1.54) is 47.2 Å². The number of ether oxygens (including phenoxy) is 9. The maximum absolute atomic E-state index is 16.0. The molecule has 67 heavy (non-hydrogen) atoms. The van der Waals surface area contributed by atoms with Crippen molar-refractivity contribution >= 4 is 42.0 Å². The number of methoxy groups -OCH3 is 1. The number of Topliss-reactive ketones (excluding diaryl/α,β-unsaturated/α-hetero) is 1.